The van der Waals surface area contributed by atoms with Gasteiger partial charge in [-0.05, 0) is 12.1 Å². The number of aromatic nitrogens is 2. The van der Waals surface area contributed by atoms with E-state index in [2.05, 4.69) is 5.10 Å². The van der Waals surface area contributed by atoms with E-state index in [0.717, 1.165) is 16.1 Å². The Morgan fingerprint density at radius 1 is 1.31 bits per heavy atom. The zero-order valence-corrected chi connectivity index (χ0v) is 14.3. The van der Waals surface area contributed by atoms with Crippen molar-refractivity contribution in [3.05, 3.63) is 47.8 Å². The Kier molecular flexibility index (Phi) is 3.53. The lowest BCUT2D eigenvalue weighted by molar-refractivity contribution is -0.146. The van der Waals surface area contributed by atoms with Crippen molar-refractivity contribution in [3.63, 3.8) is 0 Å². The number of rotatable bonds is 3. The highest BCUT2D eigenvalue weighted by Gasteiger charge is 2.52. The molecule has 1 fully saturated rings. The summed E-state index contributed by atoms with van der Waals surface area (Å²) in [4.78, 5) is 25.4. The van der Waals surface area contributed by atoms with E-state index in [-0.39, 0.29) is 22.7 Å². The molecule has 26 heavy (non-hydrogen) atoms. The summed E-state index contributed by atoms with van der Waals surface area (Å²) >= 11 is 0. The van der Waals surface area contributed by atoms with Gasteiger partial charge in [0.1, 0.15) is 11.7 Å². The summed E-state index contributed by atoms with van der Waals surface area (Å²) in [7, 11) is -2.83. The maximum absolute atomic E-state index is 12.8. The minimum Gasteiger partial charge on any atom is -0.467 e. The average Bonchev–Trinajstić information content (AvgIpc) is 3.20. The average molecular weight is 378 g/mol. The fraction of sp³-hybridized carbons (Fsp3) is 0.267. The van der Waals surface area contributed by atoms with Crippen molar-refractivity contribution in [2.45, 2.75) is 17.0 Å². The number of benzene rings is 1. The number of carbonyl (C=O) groups excluding carboxylic acids is 2. The summed E-state index contributed by atoms with van der Waals surface area (Å²) in [5.41, 5.74) is 0.349. The molecule has 2 aromatic rings. The molecule has 3 heterocycles. The molecule has 2 amide bonds. The van der Waals surface area contributed by atoms with Crippen LogP contribution in [0.3, 0.4) is 0 Å². The van der Waals surface area contributed by atoms with Gasteiger partial charge in [-0.2, -0.15) is 22.7 Å². The summed E-state index contributed by atoms with van der Waals surface area (Å²) in [6, 6.07) is 4.89. The molecule has 2 aliphatic rings. The molecule has 136 valence electrons. The smallest absolute Gasteiger partial charge is 0.345 e. The predicted molar refractivity (Wildman–Crippen MR) is 84.5 cm³/mol. The second-order valence-electron chi connectivity index (χ2n) is 5.88. The topological polar surface area (TPSA) is 122 Å². The van der Waals surface area contributed by atoms with Crippen molar-refractivity contribution in [3.8, 4) is 0 Å². The monoisotopic (exact) mass is 378 g/mol. The zero-order valence-electron chi connectivity index (χ0n) is 13.5. The van der Waals surface area contributed by atoms with Crippen LogP contribution in [0.4, 0.5) is 4.79 Å². The number of nitrogens with zero attached hydrogens (tertiary/aromatic N) is 4. The van der Waals surface area contributed by atoms with E-state index in [0.29, 0.717) is 5.06 Å². The molecule has 10 nitrogen and oxygen atoms in total. The third-order valence-electron chi connectivity index (χ3n) is 4.50. The molecule has 2 bridgehead atoms. The van der Waals surface area contributed by atoms with Crippen LogP contribution in [-0.4, -0.2) is 58.4 Å². The molecule has 0 saturated carbocycles. The van der Waals surface area contributed by atoms with Gasteiger partial charge in [0.25, 0.3) is 10.0 Å². The van der Waals surface area contributed by atoms with E-state index >= 15 is 0 Å². The Morgan fingerprint density at radius 3 is 2.65 bits per heavy atom. The SMILES string of the molecule is COC(=O)C1c2nn(S(=O)(=O)c3ccccc3)cc2C2CN1C(=O)N2O. The molecule has 1 aromatic carbocycles. The second kappa shape index (κ2) is 5.54. The van der Waals surface area contributed by atoms with Crippen molar-refractivity contribution in [2.75, 3.05) is 13.7 Å². The van der Waals surface area contributed by atoms with Crippen LogP contribution in [0.25, 0.3) is 0 Å². The van der Waals surface area contributed by atoms with Gasteiger partial charge in [0.15, 0.2) is 6.04 Å². The lowest BCUT2D eigenvalue weighted by Crippen LogP contribution is -2.39. The van der Waals surface area contributed by atoms with Crippen LogP contribution in [0.1, 0.15) is 23.3 Å². The van der Waals surface area contributed by atoms with Crippen molar-refractivity contribution in [1.29, 1.82) is 0 Å². The summed E-state index contributed by atoms with van der Waals surface area (Å²) in [5, 5.41) is 14.5. The Balaban J connectivity index is 1.87. The number of hydrogen-bond donors (Lipinski definition) is 1. The maximum atomic E-state index is 12.8. The van der Waals surface area contributed by atoms with Gasteiger partial charge in [0.2, 0.25) is 0 Å². The highest BCUT2D eigenvalue weighted by molar-refractivity contribution is 7.89. The number of fused-ring (bicyclic) bond motifs is 4. The first-order valence-electron chi connectivity index (χ1n) is 7.63. The number of urea groups is 1. The predicted octanol–water partition coefficient (Wildman–Crippen LogP) is 0.516. The molecule has 2 unspecified atom stereocenters. The number of carbonyl (C=O) groups is 2. The Bertz CT molecular complexity index is 1000. The largest absolute Gasteiger partial charge is 0.467 e. The first-order chi connectivity index (χ1) is 12.4. The highest BCUT2D eigenvalue weighted by atomic mass is 32.2. The van der Waals surface area contributed by atoms with E-state index < -0.39 is 34.1 Å². The van der Waals surface area contributed by atoms with Gasteiger partial charge in [-0.3, -0.25) is 5.21 Å². The van der Waals surface area contributed by atoms with E-state index in [1.165, 1.54) is 18.3 Å². The molecule has 2 atom stereocenters. The van der Waals surface area contributed by atoms with Crippen molar-refractivity contribution < 1.29 is 28.0 Å². The summed E-state index contributed by atoms with van der Waals surface area (Å²) in [5.74, 6) is -0.768. The van der Waals surface area contributed by atoms with Gasteiger partial charge >= 0.3 is 12.0 Å². The zero-order chi connectivity index (χ0) is 18.6. The molecule has 11 heteroatoms. The van der Waals surface area contributed by atoms with Crippen LogP contribution in [-0.2, 0) is 19.6 Å². The number of hydroxylamine groups is 2. The fourth-order valence-corrected chi connectivity index (χ4v) is 4.39. The maximum Gasteiger partial charge on any atom is 0.345 e. The molecule has 1 aromatic heterocycles. The third kappa shape index (κ3) is 2.14. The number of ether oxygens (including phenoxy) is 1. The molecule has 2 aliphatic heterocycles. The van der Waals surface area contributed by atoms with Gasteiger partial charge in [0.05, 0.1) is 18.6 Å². The summed E-state index contributed by atoms with van der Waals surface area (Å²) in [6.07, 6.45) is 1.22. The second-order valence-corrected chi connectivity index (χ2v) is 7.68. The molecule has 0 aliphatic carbocycles. The summed E-state index contributed by atoms with van der Waals surface area (Å²) in [6.45, 7) is 0.0270. The lowest BCUT2D eigenvalue weighted by Gasteiger charge is -2.27. The number of hydrogen-bond acceptors (Lipinski definition) is 7. The Morgan fingerprint density at radius 2 is 2.00 bits per heavy atom. The van der Waals surface area contributed by atoms with Crippen molar-refractivity contribution >= 4 is 22.0 Å². The third-order valence-corrected chi connectivity index (χ3v) is 6.05. The number of methoxy groups -OCH3 is 1. The molecular weight excluding hydrogens is 364 g/mol. The van der Waals surface area contributed by atoms with Gasteiger partial charge in [-0.25, -0.2) is 9.59 Å². The lowest BCUT2D eigenvalue weighted by atomic mass is 9.98. The molecule has 0 radical (unpaired) electrons. The molecule has 1 saturated heterocycles. The van der Waals surface area contributed by atoms with E-state index in [4.69, 9.17) is 4.74 Å². The van der Waals surface area contributed by atoms with Gasteiger partial charge in [-0.15, -0.1) is 0 Å². The van der Waals surface area contributed by atoms with E-state index in [9.17, 15) is 23.2 Å². The Labute approximate surface area is 148 Å². The van der Waals surface area contributed by atoms with Crippen molar-refractivity contribution in [1.82, 2.24) is 19.1 Å². The normalized spacial score (nSPS) is 21.7. The van der Waals surface area contributed by atoms with E-state index in [1.807, 2.05) is 0 Å². The van der Waals surface area contributed by atoms with Crippen LogP contribution in [0, 0.1) is 0 Å². The first kappa shape index (κ1) is 16.5. The molecule has 0 spiro atoms. The molecular formula is C15H14N4O6S. The standard InChI is InChI=1S/C15H14N4O6S/c1-25-14(20)13-12-10(11-8-17(13)15(21)19(11)22)7-18(16-12)26(23,24)9-5-3-2-4-6-9/h2-7,11,13,22H,8H2,1H3. The number of esters is 1. The van der Waals surface area contributed by atoms with Crippen molar-refractivity contribution in [2.24, 2.45) is 0 Å². The minimum atomic E-state index is -3.99. The van der Waals surface area contributed by atoms with Crippen LogP contribution < -0.4 is 0 Å². The van der Waals surface area contributed by atoms with Gasteiger partial charge < -0.3 is 9.64 Å². The number of amides is 2. The Hall–Kier alpha value is -2.92. The highest BCUT2D eigenvalue weighted by Crippen LogP contribution is 2.43. The summed E-state index contributed by atoms with van der Waals surface area (Å²) < 4.78 is 31.0. The van der Waals surface area contributed by atoms with Crippen LogP contribution in [0.15, 0.2) is 41.4 Å². The van der Waals surface area contributed by atoms with E-state index in [1.54, 1.807) is 18.2 Å². The van der Waals surface area contributed by atoms with Crippen LogP contribution in [0.5, 0.6) is 0 Å². The quantitative estimate of drug-likeness (QED) is 0.610. The fourth-order valence-electron chi connectivity index (χ4n) is 3.22. The van der Waals surface area contributed by atoms with Gasteiger partial charge in [0, 0.05) is 11.8 Å². The van der Waals surface area contributed by atoms with Crippen LogP contribution in [0.2, 0.25) is 0 Å². The van der Waals surface area contributed by atoms with Crippen LogP contribution >= 0.6 is 0 Å². The molecule has 1 N–H and O–H groups in total. The van der Waals surface area contributed by atoms with Gasteiger partial charge in [-0.1, -0.05) is 18.2 Å². The first-order valence-corrected chi connectivity index (χ1v) is 9.07. The molecule has 4 rings (SSSR count). The minimum absolute atomic E-state index is 0.0249.